The molecule has 1 aromatic rings. The summed E-state index contributed by atoms with van der Waals surface area (Å²) in [5.41, 5.74) is 0.523. The van der Waals surface area contributed by atoms with Crippen molar-refractivity contribution in [1.29, 1.82) is 0 Å². The molecule has 0 radical (unpaired) electrons. The third-order valence-corrected chi connectivity index (χ3v) is 4.50. The highest BCUT2D eigenvalue weighted by Crippen LogP contribution is 2.26. The monoisotopic (exact) mass is 263 g/mol. The van der Waals surface area contributed by atoms with Crippen LogP contribution in [0.1, 0.15) is 15.4 Å². The van der Waals surface area contributed by atoms with Crippen LogP contribution in [0.15, 0.2) is 0 Å². The molecule has 1 amide bonds. The van der Waals surface area contributed by atoms with Gasteiger partial charge in [-0.15, -0.1) is 0 Å². The molecule has 16 heavy (non-hydrogen) atoms. The molecule has 0 aliphatic carbocycles. The summed E-state index contributed by atoms with van der Waals surface area (Å²) in [6.07, 6.45) is 1.09. The van der Waals surface area contributed by atoms with Crippen molar-refractivity contribution in [1.82, 2.24) is 10.3 Å². The molecule has 1 rings (SSSR count). The van der Waals surface area contributed by atoms with Gasteiger partial charge in [-0.25, -0.2) is 17.7 Å². The lowest BCUT2D eigenvalue weighted by atomic mass is 10.4. The smallest absolute Gasteiger partial charge is 0.263 e. The molecular formula is C8H13N3O3S2. The summed E-state index contributed by atoms with van der Waals surface area (Å²) in [6.45, 7) is 1.67. The molecule has 6 nitrogen and oxygen atoms in total. The fraction of sp³-hybridized carbons (Fsp3) is 0.500. The minimum atomic E-state index is -3.34. The van der Waals surface area contributed by atoms with Gasteiger partial charge in [-0.2, -0.15) is 0 Å². The Bertz CT molecular complexity index is 507. The van der Waals surface area contributed by atoms with Gasteiger partial charge in [-0.1, -0.05) is 11.3 Å². The van der Waals surface area contributed by atoms with Crippen LogP contribution in [0.4, 0.5) is 5.13 Å². The average Bonchev–Trinajstić information content (AvgIpc) is 2.56. The molecule has 1 heterocycles. The summed E-state index contributed by atoms with van der Waals surface area (Å²) in [5, 5.41) is 2.77. The standard InChI is InChI=1S/C8H13N3O3S2/c1-5-6(7(12)9-2)15-8(10-5)11(3)16(4,13)14/h1-4H3,(H,9,12). The number of anilines is 1. The van der Waals surface area contributed by atoms with Gasteiger partial charge in [-0.3, -0.25) is 4.79 Å². The highest BCUT2D eigenvalue weighted by Gasteiger charge is 2.20. The maximum absolute atomic E-state index is 11.4. The molecule has 1 N–H and O–H groups in total. The van der Waals surface area contributed by atoms with Crippen molar-refractivity contribution in [2.75, 3.05) is 24.7 Å². The number of nitrogens with zero attached hydrogens (tertiary/aromatic N) is 2. The third kappa shape index (κ3) is 2.50. The van der Waals surface area contributed by atoms with Crippen molar-refractivity contribution in [3.05, 3.63) is 10.6 Å². The largest absolute Gasteiger partial charge is 0.354 e. The van der Waals surface area contributed by atoms with Gasteiger partial charge >= 0.3 is 0 Å². The van der Waals surface area contributed by atoms with E-state index in [1.165, 1.54) is 14.1 Å². The van der Waals surface area contributed by atoms with E-state index in [4.69, 9.17) is 0 Å². The van der Waals surface area contributed by atoms with E-state index in [1.54, 1.807) is 6.92 Å². The Morgan fingerprint density at radius 1 is 1.50 bits per heavy atom. The van der Waals surface area contributed by atoms with Crippen molar-refractivity contribution in [3.8, 4) is 0 Å². The number of hydrogen-bond donors (Lipinski definition) is 1. The predicted molar refractivity (Wildman–Crippen MR) is 63.5 cm³/mol. The molecule has 0 fully saturated rings. The number of carbonyl (C=O) groups excluding carboxylic acids is 1. The molecule has 0 aliphatic rings. The average molecular weight is 263 g/mol. The van der Waals surface area contributed by atoms with Gasteiger partial charge in [-0.05, 0) is 6.92 Å². The highest BCUT2D eigenvalue weighted by atomic mass is 32.2. The Morgan fingerprint density at radius 3 is 2.50 bits per heavy atom. The number of aromatic nitrogens is 1. The number of amides is 1. The zero-order chi connectivity index (χ0) is 12.5. The Balaban J connectivity index is 3.16. The minimum absolute atomic E-state index is 0.261. The zero-order valence-corrected chi connectivity index (χ0v) is 11.1. The van der Waals surface area contributed by atoms with Gasteiger partial charge in [0.1, 0.15) is 4.88 Å². The Kier molecular flexibility index (Phi) is 3.54. The molecule has 0 aliphatic heterocycles. The van der Waals surface area contributed by atoms with E-state index in [0.29, 0.717) is 15.7 Å². The summed E-state index contributed by atoms with van der Waals surface area (Å²) < 4.78 is 23.6. The van der Waals surface area contributed by atoms with E-state index in [0.717, 1.165) is 21.9 Å². The van der Waals surface area contributed by atoms with Gasteiger partial charge in [0.25, 0.3) is 5.91 Å². The van der Waals surface area contributed by atoms with E-state index in [-0.39, 0.29) is 5.91 Å². The minimum Gasteiger partial charge on any atom is -0.354 e. The number of carbonyl (C=O) groups is 1. The Hall–Kier alpha value is -1.15. The second-order valence-corrected chi connectivity index (χ2v) is 6.21. The van der Waals surface area contributed by atoms with Crippen molar-refractivity contribution in [2.24, 2.45) is 0 Å². The van der Waals surface area contributed by atoms with Gasteiger partial charge < -0.3 is 5.32 Å². The third-order valence-electron chi connectivity index (χ3n) is 1.99. The first kappa shape index (κ1) is 12.9. The van der Waals surface area contributed by atoms with Crippen molar-refractivity contribution >= 4 is 32.4 Å². The van der Waals surface area contributed by atoms with Gasteiger partial charge in [0.15, 0.2) is 5.13 Å². The van der Waals surface area contributed by atoms with Crippen LogP contribution < -0.4 is 9.62 Å². The summed E-state index contributed by atoms with van der Waals surface area (Å²) in [4.78, 5) is 15.9. The first-order valence-corrected chi connectivity index (χ1v) is 7.07. The SMILES string of the molecule is CNC(=O)c1sc(N(C)S(C)(=O)=O)nc1C. The summed E-state index contributed by atoms with van der Waals surface area (Å²) >= 11 is 1.05. The second-order valence-electron chi connectivity index (χ2n) is 3.22. The van der Waals surface area contributed by atoms with E-state index >= 15 is 0 Å². The van der Waals surface area contributed by atoms with Crippen LogP contribution in [-0.2, 0) is 10.0 Å². The van der Waals surface area contributed by atoms with Crippen LogP contribution in [-0.4, -0.2) is 39.7 Å². The van der Waals surface area contributed by atoms with E-state index < -0.39 is 10.0 Å². The second kappa shape index (κ2) is 4.38. The maximum Gasteiger partial charge on any atom is 0.263 e. The van der Waals surface area contributed by atoms with Crippen LogP contribution in [0.25, 0.3) is 0 Å². The fourth-order valence-corrected chi connectivity index (χ4v) is 2.71. The van der Waals surface area contributed by atoms with E-state index in [9.17, 15) is 13.2 Å². The van der Waals surface area contributed by atoms with Crippen LogP contribution >= 0.6 is 11.3 Å². The van der Waals surface area contributed by atoms with Crippen molar-refractivity contribution in [2.45, 2.75) is 6.92 Å². The quantitative estimate of drug-likeness (QED) is 0.845. The molecule has 0 spiro atoms. The predicted octanol–water partition coefficient (Wildman–Crippen LogP) is 0.207. The van der Waals surface area contributed by atoms with Gasteiger partial charge in [0, 0.05) is 14.1 Å². The molecule has 0 atom stereocenters. The first-order valence-electron chi connectivity index (χ1n) is 4.40. The number of rotatable bonds is 3. The van der Waals surface area contributed by atoms with E-state index in [1.807, 2.05) is 0 Å². The van der Waals surface area contributed by atoms with Crippen LogP contribution in [0.2, 0.25) is 0 Å². The lowest BCUT2D eigenvalue weighted by Crippen LogP contribution is -2.24. The lowest BCUT2D eigenvalue weighted by molar-refractivity contribution is 0.0966. The molecule has 0 bridgehead atoms. The van der Waals surface area contributed by atoms with Crippen molar-refractivity contribution in [3.63, 3.8) is 0 Å². The van der Waals surface area contributed by atoms with Gasteiger partial charge in [0.05, 0.1) is 11.9 Å². The fourth-order valence-electron chi connectivity index (χ4n) is 0.983. The Morgan fingerprint density at radius 2 is 2.06 bits per heavy atom. The molecule has 1 aromatic heterocycles. The maximum atomic E-state index is 11.4. The molecule has 8 heteroatoms. The molecule has 0 saturated heterocycles. The molecule has 90 valence electrons. The molecule has 0 aromatic carbocycles. The molecule has 0 saturated carbocycles. The first-order chi connectivity index (χ1) is 7.27. The number of aryl methyl sites for hydroxylation is 1. The normalized spacial score (nSPS) is 11.2. The number of nitrogens with one attached hydrogen (secondary N) is 1. The Labute approximate surface area is 98.3 Å². The van der Waals surface area contributed by atoms with Crippen LogP contribution in [0, 0.1) is 6.92 Å². The summed E-state index contributed by atoms with van der Waals surface area (Å²) in [7, 11) is -0.423. The topological polar surface area (TPSA) is 79.4 Å². The van der Waals surface area contributed by atoms with E-state index in [2.05, 4.69) is 10.3 Å². The highest BCUT2D eigenvalue weighted by molar-refractivity contribution is 7.92. The number of sulfonamides is 1. The lowest BCUT2D eigenvalue weighted by Gasteiger charge is -2.11. The summed E-state index contributed by atoms with van der Waals surface area (Å²) in [6, 6.07) is 0. The number of thiazole rings is 1. The summed E-state index contributed by atoms with van der Waals surface area (Å²) in [5.74, 6) is -0.261. The van der Waals surface area contributed by atoms with Crippen molar-refractivity contribution < 1.29 is 13.2 Å². The molecular weight excluding hydrogens is 250 g/mol. The molecule has 0 unspecified atom stereocenters. The van der Waals surface area contributed by atoms with Gasteiger partial charge in [0.2, 0.25) is 10.0 Å². The number of hydrogen-bond acceptors (Lipinski definition) is 5. The zero-order valence-electron chi connectivity index (χ0n) is 9.44. The van der Waals surface area contributed by atoms with Crippen LogP contribution in [0.3, 0.4) is 0 Å². The van der Waals surface area contributed by atoms with Crippen LogP contribution in [0.5, 0.6) is 0 Å².